The third-order valence-electron chi connectivity index (χ3n) is 0.946. The van der Waals surface area contributed by atoms with Crippen molar-refractivity contribution in [2.24, 2.45) is 5.73 Å². The maximum absolute atomic E-state index is 10.2. The van der Waals surface area contributed by atoms with Gasteiger partial charge in [0.25, 0.3) is 0 Å². The van der Waals surface area contributed by atoms with E-state index in [9.17, 15) is 9.59 Å². The van der Waals surface area contributed by atoms with Crippen molar-refractivity contribution >= 4 is 11.9 Å². The summed E-state index contributed by atoms with van der Waals surface area (Å²) in [7, 11) is 0. The van der Waals surface area contributed by atoms with Crippen molar-refractivity contribution in [3.05, 3.63) is 24.8 Å². The van der Waals surface area contributed by atoms with Crippen molar-refractivity contribution in [3.8, 4) is 0 Å². The minimum atomic E-state index is -0.391. The summed E-state index contributed by atoms with van der Waals surface area (Å²) >= 11 is 0. The minimum absolute atomic E-state index is 0.341. The molecule has 4 heteroatoms. The smallest absolute Gasteiger partial charge is 0.330 e. The Hall–Kier alpha value is -1.58. The third kappa shape index (κ3) is 16.8. The Labute approximate surface area is 84.4 Å². The third-order valence-corrected chi connectivity index (χ3v) is 0.946. The standard InChI is InChI=1S/C6H10O2.C4H7NO/c1-3-5-8-6(7)4-2;1-2-3-4(5)6/h4H,2-3,5H2,1H3;2-3H,1H3,(H2,5,6). The zero-order chi connectivity index (χ0) is 11.4. The first-order valence-electron chi connectivity index (χ1n) is 4.29. The van der Waals surface area contributed by atoms with E-state index in [2.05, 4.69) is 17.0 Å². The Morgan fingerprint density at radius 2 is 2.07 bits per heavy atom. The Kier molecular flexibility index (Phi) is 12.2. The zero-order valence-electron chi connectivity index (χ0n) is 8.66. The van der Waals surface area contributed by atoms with Crippen LogP contribution in [0, 0.1) is 0 Å². The highest BCUT2D eigenvalue weighted by molar-refractivity contribution is 5.85. The normalized spacial score (nSPS) is 8.71. The molecule has 0 rings (SSSR count). The van der Waals surface area contributed by atoms with E-state index in [0.29, 0.717) is 6.61 Å². The SMILES string of the molecule is C=CC(=O)OCCC.CC=CC(N)=O. The quantitative estimate of drug-likeness (QED) is 0.546. The van der Waals surface area contributed by atoms with Crippen molar-refractivity contribution < 1.29 is 14.3 Å². The van der Waals surface area contributed by atoms with Crippen molar-refractivity contribution in [1.29, 1.82) is 0 Å². The predicted octanol–water partition coefficient (Wildman–Crippen LogP) is 1.17. The summed E-state index contributed by atoms with van der Waals surface area (Å²) < 4.78 is 4.58. The number of hydrogen-bond donors (Lipinski definition) is 1. The lowest BCUT2D eigenvalue weighted by Crippen LogP contribution is -2.04. The van der Waals surface area contributed by atoms with Gasteiger partial charge in [-0.15, -0.1) is 0 Å². The molecule has 0 aromatic rings. The van der Waals surface area contributed by atoms with E-state index in [1.54, 1.807) is 13.0 Å². The van der Waals surface area contributed by atoms with Crippen LogP contribution in [0.1, 0.15) is 20.3 Å². The van der Waals surface area contributed by atoms with Gasteiger partial charge >= 0.3 is 5.97 Å². The molecule has 2 N–H and O–H groups in total. The van der Waals surface area contributed by atoms with E-state index >= 15 is 0 Å². The fourth-order valence-corrected chi connectivity index (χ4v) is 0.426. The van der Waals surface area contributed by atoms with Crippen molar-refractivity contribution in [2.75, 3.05) is 6.61 Å². The molecule has 0 saturated carbocycles. The zero-order valence-corrected chi connectivity index (χ0v) is 8.66. The Balaban J connectivity index is 0. The molecule has 0 spiro atoms. The van der Waals surface area contributed by atoms with Gasteiger partial charge in [0.05, 0.1) is 6.61 Å². The van der Waals surface area contributed by atoms with Gasteiger partial charge in [-0.2, -0.15) is 0 Å². The van der Waals surface area contributed by atoms with Crippen LogP contribution >= 0.6 is 0 Å². The molecule has 0 aliphatic rings. The van der Waals surface area contributed by atoms with E-state index in [1.807, 2.05) is 6.92 Å². The number of ether oxygens (including phenoxy) is 1. The van der Waals surface area contributed by atoms with E-state index < -0.39 is 5.91 Å². The number of esters is 1. The number of carbonyl (C=O) groups is 2. The molecule has 0 bridgehead atoms. The number of amides is 1. The highest BCUT2D eigenvalue weighted by Crippen LogP contribution is 1.81. The lowest BCUT2D eigenvalue weighted by molar-refractivity contribution is -0.137. The molecule has 0 atom stereocenters. The lowest BCUT2D eigenvalue weighted by atomic mass is 10.5. The number of primary amides is 1. The van der Waals surface area contributed by atoms with Crippen LogP contribution < -0.4 is 5.73 Å². The van der Waals surface area contributed by atoms with Crippen molar-refractivity contribution in [2.45, 2.75) is 20.3 Å². The van der Waals surface area contributed by atoms with Crippen molar-refractivity contribution in [3.63, 3.8) is 0 Å². The topological polar surface area (TPSA) is 69.4 Å². The molecule has 0 aliphatic carbocycles. The van der Waals surface area contributed by atoms with Gasteiger partial charge in [-0.1, -0.05) is 19.6 Å². The summed E-state index contributed by atoms with van der Waals surface area (Å²) in [5.74, 6) is -0.732. The fraction of sp³-hybridized carbons (Fsp3) is 0.400. The molecule has 1 amide bonds. The summed E-state index contributed by atoms with van der Waals surface area (Å²) in [6.45, 7) is 7.41. The van der Waals surface area contributed by atoms with E-state index in [1.165, 1.54) is 6.08 Å². The molecule has 80 valence electrons. The fourth-order valence-electron chi connectivity index (χ4n) is 0.426. The number of hydrogen-bond acceptors (Lipinski definition) is 3. The van der Waals surface area contributed by atoms with E-state index in [4.69, 9.17) is 0 Å². The van der Waals surface area contributed by atoms with Crippen LogP contribution in [0.4, 0.5) is 0 Å². The summed E-state index contributed by atoms with van der Waals surface area (Å²) in [6, 6.07) is 0. The van der Waals surface area contributed by atoms with Gasteiger partial charge in [-0.25, -0.2) is 4.79 Å². The van der Waals surface area contributed by atoms with Gasteiger partial charge in [-0.05, 0) is 19.4 Å². The molecule has 0 aromatic heterocycles. The molecule has 0 aromatic carbocycles. The molecular formula is C10H17NO3. The predicted molar refractivity (Wildman–Crippen MR) is 55.5 cm³/mol. The highest BCUT2D eigenvalue weighted by Gasteiger charge is 1.89. The Bertz CT molecular complexity index is 209. The number of nitrogens with two attached hydrogens (primary N) is 1. The molecule has 0 aliphatic heterocycles. The average molecular weight is 199 g/mol. The van der Waals surface area contributed by atoms with Crippen LogP contribution in [0.2, 0.25) is 0 Å². The van der Waals surface area contributed by atoms with Gasteiger partial charge in [0.15, 0.2) is 0 Å². The summed E-state index contributed by atoms with van der Waals surface area (Å²) in [5, 5.41) is 0. The van der Waals surface area contributed by atoms with Crippen molar-refractivity contribution in [1.82, 2.24) is 0 Å². The van der Waals surface area contributed by atoms with Crippen LogP contribution in [0.15, 0.2) is 24.8 Å². The molecule has 0 saturated heterocycles. The second-order valence-electron chi connectivity index (χ2n) is 2.27. The summed E-state index contributed by atoms with van der Waals surface area (Å²) in [5.41, 5.74) is 4.68. The van der Waals surface area contributed by atoms with Gasteiger partial charge in [0, 0.05) is 6.08 Å². The first kappa shape index (κ1) is 14.9. The molecule has 0 fully saturated rings. The van der Waals surface area contributed by atoms with Gasteiger partial charge in [-0.3, -0.25) is 4.79 Å². The average Bonchev–Trinajstić information content (AvgIpc) is 2.15. The first-order valence-corrected chi connectivity index (χ1v) is 4.29. The second kappa shape index (κ2) is 11.4. The van der Waals surface area contributed by atoms with Crippen LogP contribution in [0.25, 0.3) is 0 Å². The maximum Gasteiger partial charge on any atom is 0.330 e. The first-order chi connectivity index (χ1) is 6.58. The van der Waals surface area contributed by atoms with Crippen LogP contribution in [0.5, 0.6) is 0 Å². The molecule has 4 nitrogen and oxygen atoms in total. The Morgan fingerprint density at radius 3 is 2.29 bits per heavy atom. The minimum Gasteiger partial charge on any atom is -0.463 e. The molecular weight excluding hydrogens is 182 g/mol. The van der Waals surface area contributed by atoms with Gasteiger partial charge in [0.2, 0.25) is 5.91 Å². The number of rotatable bonds is 4. The maximum atomic E-state index is 10.2. The molecule has 0 radical (unpaired) electrons. The Morgan fingerprint density at radius 1 is 1.50 bits per heavy atom. The summed E-state index contributed by atoms with van der Waals surface area (Å²) in [6.07, 6.45) is 4.93. The molecule has 14 heavy (non-hydrogen) atoms. The lowest BCUT2D eigenvalue weighted by Gasteiger charge is -1.94. The largest absolute Gasteiger partial charge is 0.463 e. The number of allylic oxidation sites excluding steroid dienone is 1. The van der Waals surface area contributed by atoms with E-state index in [-0.39, 0.29) is 5.97 Å². The monoisotopic (exact) mass is 199 g/mol. The van der Waals surface area contributed by atoms with Crippen LogP contribution in [-0.2, 0) is 14.3 Å². The second-order valence-corrected chi connectivity index (χ2v) is 2.27. The highest BCUT2D eigenvalue weighted by atomic mass is 16.5. The van der Waals surface area contributed by atoms with E-state index in [0.717, 1.165) is 12.5 Å². The van der Waals surface area contributed by atoms with Crippen LogP contribution in [-0.4, -0.2) is 18.5 Å². The van der Waals surface area contributed by atoms with Crippen LogP contribution in [0.3, 0.4) is 0 Å². The summed E-state index contributed by atoms with van der Waals surface area (Å²) in [4.78, 5) is 20.0. The molecule has 0 heterocycles. The molecule has 0 unspecified atom stereocenters. The van der Waals surface area contributed by atoms with Gasteiger partial charge < -0.3 is 10.5 Å². The van der Waals surface area contributed by atoms with Gasteiger partial charge in [0.1, 0.15) is 0 Å². The number of carbonyl (C=O) groups excluding carboxylic acids is 2.